The SMILES string of the molecule is CNC1CCN(C(C)C(=O)NC2CC2)CC1.Cl. The molecule has 4 nitrogen and oxygen atoms in total. The summed E-state index contributed by atoms with van der Waals surface area (Å²) < 4.78 is 0. The van der Waals surface area contributed by atoms with Crippen molar-refractivity contribution in [3.8, 4) is 0 Å². The van der Waals surface area contributed by atoms with Gasteiger partial charge in [0.25, 0.3) is 0 Å². The summed E-state index contributed by atoms with van der Waals surface area (Å²) in [7, 11) is 2.02. The Morgan fingerprint density at radius 1 is 1.18 bits per heavy atom. The molecule has 0 aromatic rings. The summed E-state index contributed by atoms with van der Waals surface area (Å²) in [6.07, 6.45) is 4.63. The number of hydrogen-bond donors (Lipinski definition) is 2. The van der Waals surface area contributed by atoms with Crippen LogP contribution in [0.4, 0.5) is 0 Å². The lowest BCUT2D eigenvalue weighted by atomic mass is 10.0. The van der Waals surface area contributed by atoms with Crippen LogP contribution in [0, 0.1) is 0 Å². The molecule has 1 amide bonds. The van der Waals surface area contributed by atoms with Crippen LogP contribution >= 0.6 is 12.4 Å². The zero-order valence-electron chi connectivity index (χ0n) is 10.7. The molecule has 5 heteroatoms. The molecule has 1 saturated carbocycles. The summed E-state index contributed by atoms with van der Waals surface area (Å²) in [5, 5.41) is 6.39. The summed E-state index contributed by atoms with van der Waals surface area (Å²) in [4.78, 5) is 14.2. The molecule has 17 heavy (non-hydrogen) atoms. The van der Waals surface area contributed by atoms with Gasteiger partial charge in [0.1, 0.15) is 0 Å². The van der Waals surface area contributed by atoms with Gasteiger partial charge < -0.3 is 10.6 Å². The number of nitrogens with one attached hydrogen (secondary N) is 2. The molecule has 0 aromatic carbocycles. The number of likely N-dealkylation sites (tertiary alicyclic amines) is 1. The lowest BCUT2D eigenvalue weighted by Crippen LogP contribution is -2.50. The van der Waals surface area contributed by atoms with Crippen LogP contribution in [0.1, 0.15) is 32.6 Å². The van der Waals surface area contributed by atoms with Crippen LogP contribution in [0.3, 0.4) is 0 Å². The van der Waals surface area contributed by atoms with Gasteiger partial charge in [-0.1, -0.05) is 0 Å². The van der Waals surface area contributed by atoms with Gasteiger partial charge in [-0.2, -0.15) is 0 Å². The smallest absolute Gasteiger partial charge is 0.237 e. The highest BCUT2D eigenvalue weighted by Crippen LogP contribution is 2.19. The van der Waals surface area contributed by atoms with Crippen molar-refractivity contribution in [3.05, 3.63) is 0 Å². The molecule has 0 aromatic heterocycles. The van der Waals surface area contributed by atoms with Crippen LogP contribution in [-0.4, -0.2) is 49.1 Å². The van der Waals surface area contributed by atoms with E-state index in [0.717, 1.165) is 25.9 Å². The predicted molar refractivity (Wildman–Crippen MR) is 71.5 cm³/mol. The molecule has 1 atom stereocenters. The van der Waals surface area contributed by atoms with Crippen molar-refractivity contribution >= 4 is 18.3 Å². The number of piperidine rings is 1. The Hall–Kier alpha value is -0.320. The maximum atomic E-state index is 11.9. The van der Waals surface area contributed by atoms with Gasteiger partial charge in [0.2, 0.25) is 5.91 Å². The fourth-order valence-electron chi connectivity index (χ4n) is 2.29. The Balaban J connectivity index is 0.00000144. The zero-order chi connectivity index (χ0) is 11.5. The van der Waals surface area contributed by atoms with Crippen molar-refractivity contribution in [2.45, 2.75) is 50.7 Å². The van der Waals surface area contributed by atoms with Gasteiger partial charge in [-0.15, -0.1) is 12.4 Å². The Morgan fingerprint density at radius 2 is 1.76 bits per heavy atom. The number of carbonyl (C=O) groups excluding carboxylic acids is 1. The van der Waals surface area contributed by atoms with E-state index >= 15 is 0 Å². The molecule has 2 rings (SSSR count). The van der Waals surface area contributed by atoms with E-state index in [9.17, 15) is 4.79 Å². The number of carbonyl (C=O) groups is 1. The topological polar surface area (TPSA) is 44.4 Å². The number of halogens is 1. The first-order valence-electron chi connectivity index (χ1n) is 6.42. The van der Waals surface area contributed by atoms with E-state index in [-0.39, 0.29) is 24.4 Å². The van der Waals surface area contributed by atoms with Crippen LogP contribution < -0.4 is 10.6 Å². The highest BCUT2D eigenvalue weighted by molar-refractivity contribution is 5.85. The zero-order valence-corrected chi connectivity index (χ0v) is 11.6. The molecule has 2 aliphatic rings. The van der Waals surface area contributed by atoms with E-state index < -0.39 is 0 Å². The van der Waals surface area contributed by atoms with Gasteiger partial charge in [-0.3, -0.25) is 9.69 Å². The average molecular weight is 262 g/mol. The summed E-state index contributed by atoms with van der Waals surface area (Å²) in [6, 6.07) is 1.15. The maximum absolute atomic E-state index is 11.9. The summed E-state index contributed by atoms with van der Waals surface area (Å²) in [5.41, 5.74) is 0. The molecule has 1 unspecified atom stereocenters. The predicted octanol–water partition coefficient (Wildman–Crippen LogP) is 0.759. The van der Waals surface area contributed by atoms with E-state index in [1.165, 1.54) is 12.8 Å². The van der Waals surface area contributed by atoms with Gasteiger partial charge in [0.05, 0.1) is 6.04 Å². The average Bonchev–Trinajstić information content (AvgIpc) is 3.12. The largest absolute Gasteiger partial charge is 0.352 e. The number of hydrogen-bond acceptors (Lipinski definition) is 3. The second kappa shape index (κ2) is 6.57. The summed E-state index contributed by atoms with van der Waals surface area (Å²) in [6.45, 7) is 4.09. The highest BCUT2D eigenvalue weighted by Gasteiger charge is 2.29. The van der Waals surface area contributed by atoms with E-state index in [1.54, 1.807) is 0 Å². The molecule has 1 aliphatic carbocycles. The van der Waals surface area contributed by atoms with Crippen molar-refractivity contribution < 1.29 is 4.79 Å². The Labute approximate surface area is 110 Å². The minimum Gasteiger partial charge on any atom is -0.352 e. The standard InChI is InChI=1S/C12H23N3O.ClH/c1-9(12(16)14-11-3-4-11)15-7-5-10(13-2)6-8-15;/h9-11,13H,3-8H2,1-2H3,(H,14,16);1H. The van der Waals surface area contributed by atoms with Gasteiger partial charge in [-0.05, 0) is 39.7 Å². The summed E-state index contributed by atoms with van der Waals surface area (Å²) >= 11 is 0. The van der Waals surface area contributed by atoms with Crippen LogP contribution in [0.2, 0.25) is 0 Å². The van der Waals surface area contributed by atoms with Crippen molar-refractivity contribution in [1.29, 1.82) is 0 Å². The molecule has 1 aliphatic heterocycles. The summed E-state index contributed by atoms with van der Waals surface area (Å²) in [5.74, 6) is 0.213. The normalized spacial score (nSPS) is 23.9. The third-order valence-electron chi connectivity index (χ3n) is 3.79. The Morgan fingerprint density at radius 3 is 2.24 bits per heavy atom. The minimum absolute atomic E-state index is 0. The molecule has 2 N–H and O–H groups in total. The van der Waals surface area contributed by atoms with Crippen molar-refractivity contribution in [3.63, 3.8) is 0 Å². The molecule has 2 fully saturated rings. The lowest BCUT2D eigenvalue weighted by molar-refractivity contribution is -0.126. The van der Waals surface area contributed by atoms with E-state index in [4.69, 9.17) is 0 Å². The van der Waals surface area contributed by atoms with E-state index in [2.05, 4.69) is 15.5 Å². The van der Waals surface area contributed by atoms with Gasteiger partial charge in [0.15, 0.2) is 0 Å². The highest BCUT2D eigenvalue weighted by atomic mass is 35.5. The molecule has 0 bridgehead atoms. The van der Waals surface area contributed by atoms with E-state index in [0.29, 0.717) is 12.1 Å². The lowest BCUT2D eigenvalue weighted by Gasteiger charge is -2.35. The van der Waals surface area contributed by atoms with Crippen LogP contribution in [-0.2, 0) is 4.79 Å². The van der Waals surface area contributed by atoms with Crippen LogP contribution in [0.5, 0.6) is 0 Å². The molecule has 1 saturated heterocycles. The molecule has 0 radical (unpaired) electrons. The quantitative estimate of drug-likeness (QED) is 0.785. The monoisotopic (exact) mass is 261 g/mol. The second-order valence-electron chi connectivity index (χ2n) is 5.06. The first-order chi connectivity index (χ1) is 7.70. The van der Waals surface area contributed by atoms with Crippen LogP contribution in [0.25, 0.3) is 0 Å². The third kappa shape index (κ3) is 4.12. The molecular weight excluding hydrogens is 238 g/mol. The maximum Gasteiger partial charge on any atom is 0.237 e. The van der Waals surface area contributed by atoms with Crippen molar-refractivity contribution in [1.82, 2.24) is 15.5 Å². The molecule has 1 heterocycles. The van der Waals surface area contributed by atoms with Gasteiger partial charge >= 0.3 is 0 Å². The molecule has 100 valence electrons. The third-order valence-corrected chi connectivity index (χ3v) is 3.79. The number of rotatable bonds is 4. The fraction of sp³-hybridized carbons (Fsp3) is 0.917. The van der Waals surface area contributed by atoms with E-state index in [1.807, 2.05) is 14.0 Å². The molecular formula is C12H24ClN3O. The molecule has 0 spiro atoms. The Bertz CT molecular complexity index is 250. The number of amides is 1. The Kier molecular flexibility index (Phi) is 5.70. The first kappa shape index (κ1) is 14.7. The minimum atomic E-state index is 0. The van der Waals surface area contributed by atoms with Crippen molar-refractivity contribution in [2.75, 3.05) is 20.1 Å². The van der Waals surface area contributed by atoms with Gasteiger partial charge in [0, 0.05) is 25.2 Å². The van der Waals surface area contributed by atoms with Crippen molar-refractivity contribution in [2.24, 2.45) is 0 Å². The fourth-order valence-corrected chi connectivity index (χ4v) is 2.29. The van der Waals surface area contributed by atoms with Crippen LogP contribution in [0.15, 0.2) is 0 Å². The van der Waals surface area contributed by atoms with Gasteiger partial charge in [-0.25, -0.2) is 0 Å². The first-order valence-corrected chi connectivity index (χ1v) is 6.42. The second-order valence-corrected chi connectivity index (χ2v) is 5.06. The number of nitrogens with zero attached hydrogens (tertiary/aromatic N) is 1.